The zero-order chi connectivity index (χ0) is 19.5. The highest BCUT2D eigenvalue weighted by Crippen LogP contribution is 2.33. The van der Waals surface area contributed by atoms with Crippen molar-refractivity contribution in [2.75, 3.05) is 31.5 Å². The molecule has 2 amide bonds. The van der Waals surface area contributed by atoms with Gasteiger partial charge in [0.1, 0.15) is 0 Å². The molecular weight excluding hydrogens is 374 g/mol. The number of carbonyl (C=O) groups excluding carboxylic acids is 2. The summed E-state index contributed by atoms with van der Waals surface area (Å²) >= 11 is 6.07. The number of amides is 2. The van der Waals surface area contributed by atoms with Crippen molar-refractivity contribution in [3.63, 3.8) is 0 Å². The van der Waals surface area contributed by atoms with Gasteiger partial charge >= 0.3 is 0 Å². The van der Waals surface area contributed by atoms with Crippen molar-refractivity contribution < 1.29 is 9.59 Å². The zero-order valence-electron chi connectivity index (χ0n) is 16.4. The summed E-state index contributed by atoms with van der Waals surface area (Å²) in [6.45, 7) is 3.04. The van der Waals surface area contributed by atoms with Gasteiger partial charge in [-0.25, -0.2) is 0 Å². The standard InChI is InChI=1S/C22H30ClN3O2/c23-18-9-4-10-19(15-18)24-21(27)20(16-5-1-2-6-16)25-11-13-26(14-12-25)22(28)17-7-3-8-17/h4,9-10,15-17,20H,1-3,5-8,11-14H2,(H,24,27)/t20-/m0/s1. The van der Waals surface area contributed by atoms with E-state index in [0.717, 1.165) is 57.5 Å². The summed E-state index contributed by atoms with van der Waals surface area (Å²) in [7, 11) is 0. The molecule has 1 aromatic rings. The number of anilines is 1. The molecule has 0 radical (unpaired) electrons. The Morgan fingerprint density at radius 3 is 2.32 bits per heavy atom. The number of halogens is 1. The van der Waals surface area contributed by atoms with E-state index in [1.165, 1.54) is 19.3 Å². The summed E-state index contributed by atoms with van der Waals surface area (Å²) < 4.78 is 0. The summed E-state index contributed by atoms with van der Waals surface area (Å²) in [4.78, 5) is 30.1. The van der Waals surface area contributed by atoms with Crippen molar-refractivity contribution in [3.8, 4) is 0 Å². The summed E-state index contributed by atoms with van der Waals surface area (Å²) in [6.07, 6.45) is 7.89. The lowest BCUT2D eigenvalue weighted by Gasteiger charge is -2.42. The van der Waals surface area contributed by atoms with Crippen LogP contribution >= 0.6 is 11.6 Å². The van der Waals surface area contributed by atoms with Crippen LogP contribution in [-0.2, 0) is 9.59 Å². The third-order valence-corrected chi connectivity index (χ3v) is 6.92. The van der Waals surface area contributed by atoms with Crippen LogP contribution in [0.5, 0.6) is 0 Å². The van der Waals surface area contributed by atoms with Gasteiger partial charge in [-0.2, -0.15) is 0 Å². The molecule has 2 saturated carbocycles. The van der Waals surface area contributed by atoms with Gasteiger partial charge in [0.05, 0.1) is 6.04 Å². The molecule has 3 fully saturated rings. The molecule has 1 aliphatic heterocycles. The molecule has 3 aliphatic rings. The Kier molecular flexibility index (Phi) is 6.22. The molecule has 0 aromatic heterocycles. The Balaban J connectivity index is 1.41. The van der Waals surface area contributed by atoms with Gasteiger partial charge in [-0.05, 0) is 49.8 Å². The summed E-state index contributed by atoms with van der Waals surface area (Å²) in [5.41, 5.74) is 0.749. The predicted octanol–water partition coefficient (Wildman–Crippen LogP) is 3.78. The third-order valence-electron chi connectivity index (χ3n) is 6.68. The third kappa shape index (κ3) is 4.36. The number of piperazine rings is 1. The Morgan fingerprint density at radius 2 is 1.71 bits per heavy atom. The number of benzene rings is 1. The van der Waals surface area contributed by atoms with Crippen molar-refractivity contribution in [2.45, 2.75) is 51.0 Å². The maximum absolute atomic E-state index is 13.2. The molecule has 0 spiro atoms. The predicted molar refractivity (Wildman–Crippen MR) is 111 cm³/mol. The van der Waals surface area contributed by atoms with E-state index < -0.39 is 0 Å². The molecule has 4 rings (SSSR count). The second-order valence-electron chi connectivity index (χ2n) is 8.48. The molecule has 1 N–H and O–H groups in total. The average molecular weight is 404 g/mol. The van der Waals surface area contributed by atoms with E-state index in [-0.39, 0.29) is 17.9 Å². The maximum atomic E-state index is 13.2. The van der Waals surface area contributed by atoms with Crippen LogP contribution in [0.4, 0.5) is 5.69 Å². The monoisotopic (exact) mass is 403 g/mol. The van der Waals surface area contributed by atoms with Gasteiger partial charge in [0.2, 0.25) is 11.8 Å². The maximum Gasteiger partial charge on any atom is 0.242 e. The van der Waals surface area contributed by atoms with Gasteiger partial charge in [0, 0.05) is 42.8 Å². The lowest BCUT2D eigenvalue weighted by molar-refractivity contribution is -0.140. The smallest absolute Gasteiger partial charge is 0.242 e. The van der Waals surface area contributed by atoms with E-state index in [1.54, 1.807) is 6.07 Å². The minimum Gasteiger partial charge on any atom is -0.340 e. The van der Waals surface area contributed by atoms with Crippen molar-refractivity contribution in [2.24, 2.45) is 11.8 Å². The van der Waals surface area contributed by atoms with Crippen molar-refractivity contribution in [1.29, 1.82) is 0 Å². The van der Waals surface area contributed by atoms with Crippen LogP contribution in [0.15, 0.2) is 24.3 Å². The molecule has 6 heteroatoms. The Labute approximate surface area is 172 Å². The van der Waals surface area contributed by atoms with E-state index >= 15 is 0 Å². The van der Waals surface area contributed by atoms with Crippen molar-refractivity contribution in [3.05, 3.63) is 29.3 Å². The minimum absolute atomic E-state index is 0.0629. The fraction of sp³-hybridized carbons (Fsp3) is 0.636. The second kappa shape index (κ2) is 8.83. The number of rotatable bonds is 5. The van der Waals surface area contributed by atoms with Crippen LogP contribution in [0.1, 0.15) is 44.9 Å². The molecule has 28 heavy (non-hydrogen) atoms. The fourth-order valence-electron chi connectivity index (χ4n) is 4.87. The molecule has 5 nitrogen and oxygen atoms in total. The van der Waals surface area contributed by atoms with E-state index in [1.807, 2.05) is 23.1 Å². The van der Waals surface area contributed by atoms with Crippen molar-refractivity contribution in [1.82, 2.24) is 9.80 Å². The summed E-state index contributed by atoms with van der Waals surface area (Å²) in [5.74, 6) is 1.04. The highest BCUT2D eigenvalue weighted by atomic mass is 35.5. The number of hydrogen-bond acceptors (Lipinski definition) is 3. The molecule has 1 saturated heterocycles. The number of nitrogens with one attached hydrogen (secondary N) is 1. The molecule has 0 bridgehead atoms. The topological polar surface area (TPSA) is 52.7 Å². The quantitative estimate of drug-likeness (QED) is 0.813. The second-order valence-corrected chi connectivity index (χ2v) is 8.91. The summed E-state index contributed by atoms with van der Waals surface area (Å²) in [6, 6.07) is 7.21. The van der Waals surface area contributed by atoms with Gasteiger partial charge in [-0.3, -0.25) is 14.5 Å². The first kappa shape index (κ1) is 19.7. The van der Waals surface area contributed by atoms with Crippen molar-refractivity contribution >= 4 is 29.1 Å². The number of hydrogen-bond donors (Lipinski definition) is 1. The molecule has 1 atom stereocenters. The Hall–Kier alpha value is -1.59. The summed E-state index contributed by atoms with van der Waals surface area (Å²) in [5, 5.41) is 3.71. The van der Waals surface area contributed by atoms with Crippen LogP contribution in [-0.4, -0.2) is 53.8 Å². The SMILES string of the molecule is O=C(Nc1cccc(Cl)c1)[C@H](C1CCCC1)N1CCN(C(=O)C2CCC2)CC1. The highest BCUT2D eigenvalue weighted by Gasteiger charge is 2.38. The normalized spacial score (nSPS) is 22.7. The van der Waals surface area contributed by atoms with Crippen LogP contribution < -0.4 is 5.32 Å². The van der Waals surface area contributed by atoms with Crippen LogP contribution in [0.3, 0.4) is 0 Å². The molecular formula is C22H30ClN3O2. The molecule has 152 valence electrons. The molecule has 1 aromatic carbocycles. The molecule has 0 unspecified atom stereocenters. The Bertz CT molecular complexity index is 707. The lowest BCUT2D eigenvalue weighted by atomic mass is 9.84. The average Bonchev–Trinajstić information content (AvgIpc) is 3.15. The van der Waals surface area contributed by atoms with Crippen LogP contribution in [0.2, 0.25) is 5.02 Å². The van der Waals surface area contributed by atoms with Gasteiger partial charge in [0.25, 0.3) is 0 Å². The Morgan fingerprint density at radius 1 is 1.00 bits per heavy atom. The number of carbonyl (C=O) groups is 2. The molecule has 2 aliphatic carbocycles. The van der Waals surface area contributed by atoms with E-state index in [9.17, 15) is 9.59 Å². The van der Waals surface area contributed by atoms with Gasteiger partial charge in [-0.15, -0.1) is 0 Å². The van der Waals surface area contributed by atoms with E-state index in [4.69, 9.17) is 11.6 Å². The highest BCUT2D eigenvalue weighted by molar-refractivity contribution is 6.30. The first-order valence-electron chi connectivity index (χ1n) is 10.7. The first-order chi connectivity index (χ1) is 13.6. The zero-order valence-corrected chi connectivity index (χ0v) is 17.2. The molecule has 1 heterocycles. The minimum atomic E-state index is -0.123. The first-order valence-corrected chi connectivity index (χ1v) is 11.1. The van der Waals surface area contributed by atoms with Gasteiger partial charge < -0.3 is 10.2 Å². The van der Waals surface area contributed by atoms with Gasteiger partial charge in [-0.1, -0.05) is 36.9 Å². The van der Waals surface area contributed by atoms with E-state index in [2.05, 4.69) is 10.2 Å². The van der Waals surface area contributed by atoms with Gasteiger partial charge in [0.15, 0.2) is 0 Å². The van der Waals surface area contributed by atoms with E-state index in [0.29, 0.717) is 16.8 Å². The fourth-order valence-corrected chi connectivity index (χ4v) is 5.06. The number of nitrogens with zero attached hydrogens (tertiary/aromatic N) is 2. The van der Waals surface area contributed by atoms with Crippen LogP contribution in [0.25, 0.3) is 0 Å². The van der Waals surface area contributed by atoms with Crippen LogP contribution in [0, 0.1) is 11.8 Å². The largest absolute Gasteiger partial charge is 0.340 e. The lowest BCUT2D eigenvalue weighted by Crippen LogP contribution is -2.57.